The molecular weight excluding hydrogens is 895 g/mol. The highest BCUT2D eigenvalue weighted by Gasteiger charge is 2.50. The Kier molecular flexibility index (Phi) is 20.5. The molecule has 0 radical (unpaired) electrons. The summed E-state index contributed by atoms with van der Waals surface area (Å²) in [6.45, 7) is 2.43. The van der Waals surface area contributed by atoms with E-state index in [-0.39, 0.29) is 42.2 Å². The normalized spacial score (nSPS) is 21.5. The van der Waals surface area contributed by atoms with E-state index in [2.05, 4.69) is 41.3 Å². The van der Waals surface area contributed by atoms with Crippen LogP contribution >= 0.6 is 35.2 Å². The first-order chi connectivity index (χ1) is 28.5. The number of aliphatic hydroxyl groups excluding tert-OH is 3. The largest absolute Gasteiger partial charge is 0.481 e. The molecule has 11 N–H and O–H groups in total. The van der Waals surface area contributed by atoms with E-state index in [0.29, 0.717) is 12.8 Å². The molecule has 8 unspecified atom stereocenters. The number of aromatic nitrogens is 4. The Hall–Kier alpha value is -2.74. The fraction of sp³-hybridized carbons (Fsp3) is 0.688. The summed E-state index contributed by atoms with van der Waals surface area (Å²) in [7, 11) is -16.4. The van der Waals surface area contributed by atoms with Gasteiger partial charge >= 0.3 is 23.5 Å². The van der Waals surface area contributed by atoms with Gasteiger partial charge < -0.3 is 56.0 Å². The van der Waals surface area contributed by atoms with Gasteiger partial charge in [0.25, 0.3) is 0 Å². The smallest absolute Gasteiger partial charge is 0.386 e. The van der Waals surface area contributed by atoms with Gasteiger partial charge in [-0.25, -0.2) is 28.6 Å². The van der Waals surface area contributed by atoms with Gasteiger partial charge in [0.2, 0.25) is 16.9 Å². The second-order valence-electron chi connectivity index (χ2n) is 14.3. The van der Waals surface area contributed by atoms with E-state index >= 15 is 0 Å². The SMILES string of the molecule is CCCCC/C=C/CCC(O)C(=O)SCCNC(=O)CCNC(=O)C(O)C(C)(C)COP(=O)(O)OP(=O)(O)OCC1OC(n2cnc3c(N)ncnc32)C(O)C1OP(=O)(O)O. The highest BCUT2D eigenvalue weighted by atomic mass is 32.2. The van der Waals surface area contributed by atoms with Gasteiger partial charge in [-0.15, -0.1) is 0 Å². The first-order valence-corrected chi connectivity index (χ1v) is 24.4. The number of thioether (sulfide) groups is 1. The number of nitrogens with two attached hydrogens (primary N) is 1. The fourth-order valence-electron chi connectivity index (χ4n) is 5.50. The lowest BCUT2D eigenvalue weighted by molar-refractivity contribution is -0.137. The van der Waals surface area contributed by atoms with Gasteiger partial charge in [-0.2, -0.15) is 4.31 Å². The fourth-order valence-corrected chi connectivity index (χ4v) is 9.04. The number of fused-ring (bicyclic) bond motifs is 1. The lowest BCUT2D eigenvalue weighted by Crippen LogP contribution is -2.46. The van der Waals surface area contributed by atoms with Crippen LogP contribution in [-0.2, 0) is 50.7 Å². The van der Waals surface area contributed by atoms with Gasteiger partial charge in [-0.05, 0) is 25.7 Å². The van der Waals surface area contributed by atoms with Crippen LogP contribution < -0.4 is 16.4 Å². The van der Waals surface area contributed by atoms with Crippen molar-refractivity contribution in [2.24, 2.45) is 5.41 Å². The zero-order valence-corrected chi connectivity index (χ0v) is 37.0. The molecule has 1 aliphatic rings. The lowest BCUT2D eigenvalue weighted by atomic mass is 9.87. The van der Waals surface area contributed by atoms with Crippen molar-refractivity contribution in [2.45, 2.75) is 102 Å². The molecule has 346 valence electrons. The van der Waals surface area contributed by atoms with Crippen molar-refractivity contribution in [3.8, 4) is 0 Å². The summed E-state index contributed by atoms with van der Waals surface area (Å²) in [5.41, 5.74) is 4.24. The number of anilines is 1. The third kappa shape index (κ3) is 17.4. The van der Waals surface area contributed by atoms with Crippen LogP contribution in [0.3, 0.4) is 0 Å². The van der Waals surface area contributed by atoms with Gasteiger partial charge in [-0.1, -0.05) is 57.5 Å². The quantitative estimate of drug-likeness (QED) is 0.0338. The van der Waals surface area contributed by atoms with Crippen LogP contribution in [0.25, 0.3) is 11.2 Å². The molecule has 3 heterocycles. The Balaban J connectivity index is 1.42. The second kappa shape index (κ2) is 23.8. The Bertz CT molecular complexity index is 1950. The minimum absolute atomic E-state index is 0.0257. The molecule has 0 aliphatic carbocycles. The van der Waals surface area contributed by atoms with Gasteiger partial charge in [0.15, 0.2) is 17.7 Å². The zero-order valence-electron chi connectivity index (χ0n) is 33.5. The van der Waals surface area contributed by atoms with Crippen molar-refractivity contribution in [1.29, 1.82) is 0 Å². The minimum atomic E-state index is -5.58. The highest BCUT2D eigenvalue weighted by molar-refractivity contribution is 8.13. The van der Waals surface area contributed by atoms with Crippen LogP contribution in [-0.4, -0.2) is 134 Å². The number of hydrogen-bond acceptors (Lipinski definition) is 19. The number of hydrogen-bond donors (Lipinski definition) is 10. The number of aliphatic hydroxyl groups is 3. The molecule has 1 saturated heterocycles. The topological polar surface area (TPSA) is 384 Å². The predicted molar refractivity (Wildman–Crippen MR) is 216 cm³/mol. The molecule has 8 atom stereocenters. The number of nitrogens with one attached hydrogen (secondary N) is 2. The molecule has 25 nitrogen and oxygen atoms in total. The van der Waals surface area contributed by atoms with Crippen molar-refractivity contribution in [3.05, 3.63) is 24.8 Å². The number of nitrogen functional groups attached to an aromatic ring is 1. The molecule has 2 aromatic heterocycles. The molecular formula is C32H54N7O18P3S. The first kappa shape index (κ1) is 52.6. The van der Waals surface area contributed by atoms with Gasteiger partial charge in [0.1, 0.15) is 42.4 Å². The van der Waals surface area contributed by atoms with Crippen LogP contribution in [0.15, 0.2) is 24.8 Å². The Labute approximate surface area is 354 Å². The summed E-state index contributed by atoms with van der Waals surface area (Å²) >= 11 is 0.879. The van der Waals surface area contributed by atoms with E-state index in [1.807, 2.05) is 12.2 Å². The number of rotatable bonds is 27. The summed E-state index contributed by atoms with van der Waals surface area (Å²) in [5.74, 6) is -1.33. The highest BCUT2D eigenvalue weighted by Crippen LogP contribution is 2.61. The number of nitrogens with zero attached hydrogens (tertiary/aromatic N) is 4. The van der Waals surface area contributed by atoms with Crippen molar-refractivity contribution < 1.29 is 85.6 Å². The molecule has 3 rings (SSSR count). The Morgan fingerprint density at radius 1 is 1.02 bits per heavy atom. The molecule has 1 aliphatic heterocycles. The summed E-state index contributed by atoms with van der Waals surface area (Å²) < 4.78 is 62.2. The van der Waals surface area contributed by atoms with E-state index in [1.54, 1.807) is 0 Å². The molecule has 0 aromatic carbocycles. The summed E-state index contributed by atoms with van der Waals surface area (Å²) in [6.07, 6.45) is 1.02. The van der Waals surface area contributed by atoms with Crippen LogP contribution in [0.5, 0.6) is 0 Å². The number of allylic oxidation sites excluding steroid dienone is 2. The standard InChI is InChI=1S/C32H54N7O18P3S/c1-4-5-6-7-8-9-10-11-20(40)31(45)61-15-14-34-22(41)12-13-35-29(44)26(43)32(2,3)17-54-60(51,52)57-59(49,50)53-16-21-25(56-58(46,47)48)24(42)30(55-21)39-19-38-23-27(33)36-18-37-28(23)39/h8-9,18-21,24-26,30,40,42-43H,4-7,10-17H2,1-3H3,(H,34,41)(H,35,44)(H,49,50)(H,51,52)(H2,33,36,37)(H2,46,47,48)/b9-8+. The van der Waals surface area contributed by atoms with Gasteiger partial charge in [0.05, 0.1) is 19.5 Å². The molecule has 2 amide bonds. The number of carbonyl (C=O) groups is 3. The monoisotopic (exact) mass is 949 g/mol. The number of ether oxygens (including phenoxy) is 1. The minimum Gasteiger partial charge on any atom is -0.386 e. The summed E-state index contributed by atoms with van der Waals surface area (Å²) in [4.78, 5) is 88.0. The average molecular weight is 950 g/mol. The van der Waals surface area contributed by atoms with Crippen LogP contribution in [0.1, 0.15) is 71.9 Å². The summed E-state index contributed by atoms with van der Waals surface area (Å²) in [5, 5.41) is 36.0. The predicted octanol–water partition coefficient (Wildman–Crippen LogP) is 0.942. The Morgan fingerprint density at radius 2 is 1.70 bits per heavy atom. The molecule has 2 aromatic rings. The number of amides is 2. The molecule has 29 heteroatoms. The summed E-state index contributed by atoms with van der Waals surface area (Å²) in [6, 6.07) is 0. The number of unbranched alkanes of at least 4 members (excludes halogenated alkanes) is 3. The van der Waals surface area contributed by atoms with E-state index in [1.165, 1.54) is 13.8 Å². The third-order valence-electron chi connectivity index (χ3n) is 8.77. The van der Waals surface area contributed by atoms with E-state index in [9.17, 15) is 63.0 Å². The second-order valence-corrected chi connectivity index (χ2v) is 19.6. The molecule has 0 bridgehead atoms. The molecule has 1 fully saturated rings. The first-order valence-electron chi connectivity index (χ1n) is 18.9. The molecule has 0 saturated carbocycles. The molecule has 0 spiro atoms. The third-order valence-corrected chi connectivity index (χ3v) is 12.8. The maximum absolute atomic E-state index is 12.7. The molecule has 61 heavy (non-hydrogen) atoms. The van der Waals surface area contributed by atoms with Crippen LogP contribution in [0.4, 0.5) is 5.82 Å². The average Bonchev–Trinajstić information content (AvgIpc) is 3.73. The van der Waals surface area contributed by atoms with Crippen LogP contribution in [0, 0.1) is 5.41 Å². The number of phosphoric acid groups is 3. The van der Waals surface area contributed by atoms with Gasteiger partial charge in [-0.3, -0.25) is 32.5 Å². The maximum atomic E-state index is 12.7. The van der Waals surface area contributed by atoms with Crippen molar-refractivity contribution in [3.63, 3.8) is 0 Å². The van der Waals surface area contributed by atoms with Crippen molar-refractivity contribution >= 4 is 69.1 Å². The zero-order chi connectivity index (χ0) is 45.6. The van der Waals surface area contributed by atoms with E-state index in [0.717, 1.165) is 54.7 Å². The number of imidazole rings is 1. The maximum Gasteiger partial charge on any atom is 0.481 e. The van der Waals surface area contributed by atoms with Crippen LogP contribution in [0.2, 0.25) is 0 Å². The van der Waals surface area contributed by atoms with Crippen molar-refractivity contribution in [1.82, 2.24) is 30.2 Å². The number of carbonyl (C=O) groups excluding carboxylic acids is 3. The van der Waals surface area contributed by atoms with Crippen molar-refractivity contribution in [2.75, 3.05) is 37.8 Å². The van der Waals surface area contributed by atoms with E-state index in [4.69, 9.17) is 19.5 Å². The Morgan fingerprint density at radius 3 is 2.39 bits per heavy atom. The lowest BCUT2D eigenvalue weighted by Gasteiger charge is -2.30. The number of phosphoric ester groups is 3. The van der Waals surface area contributed by atoms with Gasteiger partial charge in [0, 0.05) is 30.7 Å². The van der Waals surface area contributed by atoms with E-state index < -0.39 is 95.8 Å².